The van der Waals surface area contributed by atoms with Gasteiger partial charge in [0.2, 0.25) is 15.9 Å². The molecule has 0 spiro atoms. The molecule has 3 rings (SSSR count). The Labute approximate surface area is 190 Å². The van der Waals surface area contributed by atoms with Gasteiger partial charge in [0.1, 0.15) is 5.82 Å². The average molecular weight is 462 g/mol. The molecule has 1 amide bonds. The summed E-state index contributed by atoms with van der Waals surface area (Å²) >= 11 is 0. The van der Waals surface area contributed by atoms with Gasteiger partial charge < -0.3 is 4.90 Å². The molecule has 0 aliphatic carbocycles. The fourth-order valence-corrected chi connectivity index (χ4v) is 5.31. The van der Waals surface area contributed by atoms with Crippen molar-refractivity contribution in [1.82, 2.24) is 14.1 Å². The second-order valence-electron chi connectivity index (χ2n) is 9.12. The number of hydrogen-bond donors (Lipinski definition) is 0. The lowest BCUT2D eigenvalue weighted by Gasteiger charge is -2.37. The topological polar surface area (TPSA) is 60.9 Å². The molecule has 0 radical (unpaired) electrons. The van der Waals surface area contributed by atoms with Crippen LogP contribution in [0.5, 0.6) is 0 Å². The van der Waals surface area contributed by atoms with Crippen LogP contribution in [0.3, 0.4) is 0 Å². The number of rotatable bonds is 6. The van der Waals surface area contributed by atoms with Crippen molar-refractivity contribution in [3.05, 3.63) is 66.0 Å². The van der Waals surface area contributed by atoms with Crippen LogP contribution in [0.15, 0.2) is 59.5 Å². The van der Waals surface area contributed by atoms with Crippen LogP contribution in [0.25, 0.3) is 0 Å². The molecule has 0 saturated carbocycles. The highest BCUT2D eigenvalue weighted by Gasteiger charge is 2.30. The summed E-state index contributed by atoms with van der Waals surface area (Å²) in [5.41, 5.74) is 0.736. The van der Waals surface area contributed by atoms with Crippen molar-refractivity contribution < 1.29 is 17.6 Å². The Morgan fingerprint density at radius 2 is 1.62 bits per heavy atom. The highest BCUT2D eigenvalue weighted by atomic mass is 32.2. The van der Waals surface area contributed by atoms with Crippen molar-refractivity contribution >= 4 is 15.9 Å². The number of halogens is 1. The van der Waals surface area contributed by atoms with Crippen LogP contribution in [-0.2, 0) is 21.4 Å². The second-order valence-corrected chi connectivity index (χ2v) is 11.1. The van der Waals surface area contributed by atoms with Crippen molar-refractivity contribution in [2.24, 2.45) is 0 Å². The molecule has 0 atom stereocenters. The zero-order valence-corrected chi connectivity index (χ0v) is 19.8. The first-order chi connectivity index (χ1) is 15.1. The summed E-state index contributed by atoms with van der Waals surface area (Å²) < 4.78 is 40.5. The van der Waals surface area contributed by atoms with E-state index in [4.69, 9.17) is 0 Å². The van der Waals surface area contributed by atoms with E-state index in [0.717, 1.165) is 17.7 Å². The van der Waals surface area contributed by atoms with E-state index >= 15 is 0 Å². The van der Waals surface area contributed by atoms with Crippen LogP contribution >= 0.6 is 0 Å². The van der Waals surface area contributed by atoms with E-state index in [2.05, 4.69) is 0 Å². The lowest BCUT2D eigenvalue weighted by Crippen LogP contribution is -2.49. The Balaban J connectivity index is 1.65. The van der Waals surface area contributed by atoms with Crippen molar-refractivity contribution in [3.8, 4) is 0 Å². The summed E-state index contributed by atoms with van der Waals surface area (Å²) in [6.07, 6.45) is 0.627. The molecule has 1 aliphatic rings. The first kappa shape index (κ1) is 24.4. The fourth-order valence-electron chi connectivity index (χ4n) is 3.84. The number of amides is 1. The summed E-state index contributed by atoms with van der Waals surface area (Å²) in [6.45, 7) is 8.61. The quantitative estimate of drug-likeness (QED) is 0.662. The molecule has 0 aromatic heterocycles. The SMILES string of the molecule is CC(C)(C)N(Cc1ccccc1)C(=O)CN1CCCN(S(=O)(=O)c2ccc(F)cc2)CC1. The van der Waals surface area contributed by atoms with Crippen LogP contribution in [0, 0.1) is 5.82 Å². The Morgan fingerprint density at radius 3 is 2.25 bits per heavy atom. The van der Waals surface area contributed by atoms with E-state index in [1.165, 1.54) is 16.4 Å². The molecule has 1 fully saturated rings. The molecule has 32 heavy (non-hydrogen) atoms. The molecule has 6 nitrogen and oxygen atoms in total. The Hall–Kier alpha value is -2.29. The Bertz CT molecular complexity index is 1010. The predicted octanol–water partition coefficient (Wildman–Crippen LogP) is 3.35. The van der Waals surface area contributed by atoms with Gasteiger partial charge in [0, 0.05) is 31.7 Å². The van der Waals surface area contributed by atoms with Crippen molar-refractivity contribution in [1.29, 1.82) is 0 Å². The van der Waals surface area contributed by atoms with Crippen molar-refractivity contribution in [3.63, 3.8) is 0 Å². The number of carbonyl (C=O) groups is 1. The van der Waals surface area contributed by atoms with Gasteiger partial charge in [0.15, 0.2) is 0 Å². The number of sulfonamides is 1. The molecule has 0 N–H and O–H groups in total. The second kappa shape index (κ2) is 10.1. The number of benzene rings is 2. The summed E-state index contributed by atoms with van der Waals surface area (Å²) in [7, 11) is -3.69. The minimum absolute atomic E-state index is 0.0243. The van der Waals surface area contributed by atoms with Crippen LogP contribution < -0.4 is 0 Å². The van der Waals surface area contributed by atoms with Gasteiger partial charge in [-0.15, -0.1) is 0 Å². The van der Waals surface area contributed by atoms with E-state index in [0.29, 0.717) is 39.1 Å². The third kappa shape index (κ3) is 6.15. The third-order valence-corrected chi connectivity index (χ3v) is 7.56. The Kier molecular flexibility index (Phi) is 7.69. The number of hydrogen-bond acceptors (Lipinski definition) is 4. The molecule has 8 heteroatoms. The summed E-state index contributed by atoms with van der Waals surface area (Å²) in [5, 5.41) is 0. The van der Waals surface area contributed by atoms with Gasteiger partial charge in [-0.2, -0.15) is 4.31 Å². The molecule has 1 heterocycles. The molecular weight excluding hydrogens is 429 g/mol. The minimum atomic E-state index is -3.69. The lowest BCUT2D eigenvalue weighted by atomic mass is 10.0. The Morgan fingerprint density at radius 1 is 0.969 bits per heavy atom. The first-order valence-corrected chi connectivity index (χ1v) is 12.3. The first-order valence-electron chi connectivity index (χ1n) is 10.9. The van der Waals surface area contributed by atoms with Gasteiger partial charge in [0.25, 0.3) is 0 Å². The largest absolute Gasteiger partial charge is 0.332 e. The highest BCUT2D eigenvalue weighted by molar-refractivity contribution is 7.89. The predicted molar refractivity (Wildman–Crippen MR) is 123 cm³/mol. The zero-order chi connectivity index (χ0) is 23.4. The van der Waals surface area contributed by atoms with E-state index < -0.39 is 15.8 Å². The van der Waals surface area contributed by atoms with E-state index in [-0.39, 0.29) is 22.9 Å². The summed E-state index contributed by atoms with van der Waals surface area (Å²) in [5.74, 6) is -0.445. The van der Waals surface area contributed by atoms with Gasteiger partial charge in [-0.05, 0) is 63.6 Å². The molecule has 1 saturated heterocycles. The summed E-state index contributed by atoms with van der Waals surface area (Å²) in [4.78, 5) is 17.2. The van der Waals surface area contributed by atoms with Gasteiger partial charge in [0.05, 0.1) is 11.4 Å². The van der Waals surface area contributed by atoms with Gasteiger partial charge in [-0.3, -0.25) is 9.69 Å². The monoisotopic (exact) mass is 461 g/mol. The molecule has 2 aromatic rings. The molecule has 1 aliphatic heterocycles. The smallest absolute Gasteiger partial charge is 0.243 e. The molecule has 174 valence electrons. The van der Waals surface area contributed by atoms with E-state index in [9.17, 15) is 17.6 Å². The van der Waals surface area contributed by atoms with E-state index in [1.807, 2.05) is 60.9 Å². The van der Waals surface area contributed by atoms with E-state index in [1.54, 1.807) is 0 Å². The normalized spacial score (nSPS) is 16.5. The van der Waals surface area contributed by atoms with Crippen LogP contribution in [0.2, 0.25) is 0 Å². The minimum Gasteiger partial charge on any atom is -0.332 e. The van der Waals surface area contributed by atoms with Crippen molar-refractivity contribution in [2.75, 3.05) is 32.7 Å². The maximum absolute atomic E-state index is 13.2. The van der Waals surface area contributed by atoms with Crippen LogP contribution in [0.1, 0.15) is 32.8 Å². The molecule has 0 unspecified atom stereocenters. The average Bonchev–Trinajstić information content (AvgIpc) is 2.98. The summed E-state index contributed by atoms with van der Waals surface area (Å²) in [6, 6.07) is 14.8. The fraction of sp³-hybridized carbons (Fsp3) is 0.458. The standard InChI is InChI=1S/C24H32FN3O3S/c1-24(2,3)28(18-20-8-5-4-6-9-20)23(29)19-26-14-7-15-27(17-16-26)32(30,31)22-12-10-21(25)11-13-22/h4-6,8-13H,7,14-19H2,1-3H3. The van der Waals surface area contributed by atoms with Gasteiger partial charge in [-0.1, -0.05) is 30.3 Å². The van der Waals surface area contributed by atoms with Gasteiger partial charge >= 0.3 is 0 Å². The zero-order valence-electron chi connectivity index (χ0n) is 19.0. The molecule has 2 aromatic carbocycles. The lowest BCUT2D eigenvalue weighted by molar-refractivity contribution is -0.138. The van der Waals surface area contributed by atoms with Crippen LogP contribution in [-0.4, -0.2) is 66.7 Å². The maximum Gasteiger partial charge on any atom is 0.243 e. The molecular formula is C24H32FN3O3S. The third-order valence-electron chi connectivity index (χ3n) is 5.65. The number of carbonyl (C=O) groups excluding carboxylic acids is 1. The van der Waals surface area contributed by atoms with Crippen LogP contribution in [0.4, 0.5) is 4.39 Å². The molecule has 0 bridgehead atoms. The van der Waals surface area contributed by atoms with Crippen molar-refractivity contribution in [2.45, 2.75) is 44.2 Å². The highest BCUT2D eigenvalue weighted by Crippen LogP contribution is 2.20. The number of nitrogens with zero attached hydrogens (tertiary/aromatic N) is 3. The maximum atomic E-state index is 13.2. The van der Waals surface area contributed by atoms with Gasteiger partial charge in [-0.25, -0.2) is 12.8 Å².